The topological polar surface area (TPSA) is 458 Å². The van der Waals surface area contributed by atoms with Crippen LogP contribution >= 0.6 is 11.6 Å². The van der Waals surface area contributed by atoms with Gasteiger partial charge in [0.1, 0.15) is 49.4 Å². The first-order chi connectivity index (χ1) is 52.4. The van der Waals surface area contributed by atoms with Crippen LogP contribution in [0.25, 0.3) is 28.1 Å². The predicted molar refractivity (Wildman–Crippen MR) is 422 cm³/mol. The highest BCUT2D eigenvalue weighted by atomic mass is 35.5. The summed E-state index contributed by atoms with van der Waals surface area (Å²) in [6, 6.07) is 40.3. The molecule has 5 aromatic carbocycles. The van der Waals surface area contributed by atoms with Gasteiger partial charge in [0, 0.05) is 93.6 Å². The van der Waals surface area contributed by atoms with Crippen LogP contribution in [-0.4, -0.2) is 166 Å². The maximum Gasteiger partial charge on any atom is 0.422 e. The van der Waals surface area contributed by atoms with Gasteiger partial charge in [0.05, 0.1) is 45.2 Å². The van der Waals surface area contributed by atoms with Gasteiger partial charge < -0.3 is 24.5 Å². The van der Waals surface area contributed by atoms with Crippen LogP contribution in [0.1, 0.15) is 96.1 Å². The summed E-state index contributed by atoms with van der Waals surface area (Å²) in [6.07, 6.45) is -0.417. The number of benzene rings is 5. The Hall–Kier alpha value is -12.1. The lowest BCUT2D eigenvalue weighted by molar-refractivity contribution is 0.144. The lowest BCUT2D eigenvalue weighted by atomic mass is 9.92. The molecule has 10 N–H and O–H groups in total. The Labute approximate surface area is 652 Å². The SMILES string of the molecule is CN(C)S(=O)(=O)NC(=O)OCc1ccc(-n2nc(C(C)(C)C)cc2NC(=O)Nc2ccc(Cl)cc2)cc1.CN(C)S(=O)(=O)NC(=O)OCc1ccc(-n2nc(C(C)(C)C)cc2NC(=O)Nc2ccncn2)cc1.CN(C)S(=O)(=O)NC(=O)OCc1ccc(-n2nc(C(C)(C)C)cc2NC(=O)Nc2nc3ccccc3[nH]2)cc1. The van der Waals surface area contributed by atoms with Crippen molar-refractivity contribution in [3.05, 3.63) is 197 Å². The monoisotopic (exact) mass is 1620 g/mol. The first kappa shape index (κ1) is 85.5. The molecule has 10 rings (SSSR count). The molecule has 0 unspecified atom stereocenters. The second-order valence-corrected chi connectivity index (χ2v) is 34.2. The molecule has 0 saturated carbocycles. The normalized spacial score (nSPS) is 11.8. The van der Waals surface area contributed by atoms with Crippen LogP contribution in [0.2, 0.25) is 5.02 Å². The van der Waals surface area contributed by atoms with Crippen LogP contribution in [0.15, 0.2) is 158 Å². The minimum Gasteiger partial charge on any atom is -0.444 e. The molecule has 0 aliphatic heterocycles. The highest BCUT2D eigenvalue weighted by Gasteiger charge is 2.27. The number of carbonyl (C=O) groups excluding carboxylic acids is 6. The number of aromatic nitrogens is 10. The van der Waals surface area contributed by atoms with Gasteiger partial charge in [-0.3, -0.25) is 26.6 Å². The zero-order valence-electron chi connectivity index (χ0n) is 63.7. The Kier molecular flexibility index (Phi) is 27.6. The molecule has 0 atom stereocenters. The van der Waals surface area contributed by atoms with E-state index in [1.807, 2.05) is 86.6 Å². The summed E-state index contributed by atoms with van der Waals surface area (Å²) in [6.45, 7) is 17.7. The quantitative estimate of drug-likeness (QED) is 0.0299. The molecule has 0 fully saturated rings. The summed E-state index contributed by atoms with van der Waals surface area (Å²) in [5.74, 6) is 1.97. The molecule has 0 spiro atoms. The summed E-state index contributed by atoms with van der Waals surface area (Å²) < 4.78 is 98.1. The summed E-state index contributed by atoms with van der Waals surface area (Å²) in [5, 5.41) is 31.1. The van der Waals surface area contributed by atoms with Gasteiger partial charge in [0.15, 0.2) is 0 Å². The van der Waals surface area contributed by atoms with E-state index in [1.165, 1.54) is 54.8 Å². The van der Waals surface area contributed by atoms with Crippen LogP contribution in [0, 0.1) is 0 Å². The molecule has 9 amide bonds. The van der Waals surface area contributed by atoms with Crippen LogP contribution in [0.4, 0.5) is 63.7 Å². The number of imidazole rings is 1. The number of aromatic amines is 1. The number of nitrogens with zero attached hydrogens (tertiary/aromatic N) is 12. The molecule has 112 heavy (non-hydrogen) atoms. The first-order valence-electron chi connectivity index (χ1n) is 33.8. The number of H-pyrrole nitrogens is 1. The fourth-order valence-electron chi connectivity index (χ4n) is 9.13. The van der Waals surface area contributed by atoms with E-state index in [1.54, 1.807) is 150 Å². The van der Waals surface area contributed by atoms with Crippen molar-refractivity contribution in [1.82, 2.24) is 76.4 Å². The Morgan fingerprint density at radius 2 is 0.795 bits per heavy atom. The second-order valence-electron chi connectivity index (χ2n) is 28.1. The number of amides is 9. The number of nitrogens with one attached hydrogen (secondary N) is 10. The predicted octanol–water partition coefficient (Wildman–Crippen LogP) is 10.9. The van der Waals surface area contributed by atoms with E-state index in [9.17, 15) is 54.0 Å². The zero-order valence-corrected chi connectivity index (χ0v) is 66.9. The van der Waals surface area contributed by atoms with Gasteiger partial charge in [0.2, 0.25) is 5.95 Å². The third-order valence-corrected chi connectivity index (χ3v) is 19.8. The average molecular weight is 1620 g/mol. The van der Waals surface area contributed by atoms with E-state index in [2.05, 4.69) is 62.0 Å². The molecule has 596 valence electrons. The van der Waals surface area contributed by atoms with Crippen LogP contribution in [-0.2, 0) is 80.9 Å². The van der Waals surface area contributed by atoms with Crippen molar-refractivity contribution in [2.45, 2.75) is 98.4 Å². The number of hydrogen-bond acceptors (Lipinski definition) is 21. The van der Waals surface area contributed by atoms with E-state index in [4.69, 9.17) is 30.9 Å². The number of carbonyl (C=O) groups is 6. The molecule has 5 heterocycles. The van der Waals surface area contributed by atoms with Gasteiger partial charge in [-0.05, 0) is 95.6 Å². The van der Waals surface area contributed by atoms with E-state index in [0.29, 0.717) is 73.7 Å². The Morgan fingerprint density at radius 1 is 0.446 bits per heavy atom. The number of urea groups is 3. The Morgan fingerprint density at radius 3 is 1.12 bits per heavy atom. The van der Waals surface area contributed by atoms with Gasteiger partial charge in [-0.2, -0.15) is 53.5 Å². The van der Waals surface area contributed by atoms with Crippen LogP contribution in [0.5, 0.6) is 0 Å². The Bertz CT molecular complexity index is 5300. The van der Waals surface area contributed by atoms with E-state index < -0.39 is 67.0 Å². The first-order valence-corrected chi connectivity index (χ1v) is 38.5. The van der Waals surface area contributed by atoms with Crippen molar-refractivity contribution in [3.63, 3.8) is 0 Å². The van der Waals surface area contributed by atoms with E-state index in [0.717, 1.165) is 41.0 Å². The zero-order chi connectivity index (χ0) is 82.3. The number of ether oxygens (including phenoxy) is 3. The lowest BCUT2D eigenvalue weighted by Crippen LogP contribution is -2.39. The van der Waals surface area contributed by atoms with Gasteiger partial charge >= 0.3 is 67.0 Å². The third kappa shape index (κ3) is 24.7. The molecule has 5 aromatic heterocycles. The minimum atomic E-state index is -3.94. The average Bonchev–Trinajstić information content (AvgIpc) is 1.66. The number of rotatable bonds is 21. The smallest absolute Gasteiger partial charge is 0.422 e. The molecule has 0 radical (unpaired) electrons. The van der Waals surface area contributed by atoms with Gasteiger partial charge in [-0.15, -0.1) is 0 Å². The Balaban J connectivity index is 0.000000211. The second kappa shape index (κ2) is 36.2. The van der Waals surface area contributed by atoms with Crippen molar-refractivity contribution >= 4 is 125 Å². The molecule has 0 bridgehead atoms. The van der Waals surface area contributed by atoms with Crippen molar-refractivity contribution in [1.29, 1.82) is 0 Å². The molecular weight excluding hydrogens is 1530 g/mol. The molecule has 10 aromatic rings. The largest absolute Gasteiger partial charge is 0.444 e. The molecule has 0 aliphatic carbocycles. The van der Waals surface area contributed by atoms with E-state index in [-0.39, 0.29) is 36.1 Å². The number of anilines is 6. The fraction of sp³-hybridized carbons (Fsp3) is 0.296. The standard InChI is InChI=1S/C25H30N8O5S.C24H29ClN6O5S.C22H28N8O5S/c1-25(2,3)20-14-21(28-23(34)29-22-26-18-8-6-7-9-19(18)27-22)33(30-20)17-12-10-16(11-13-17)15-38-24(35)31-39(36,37)32(4)5;1-24(2,3)20-14-21(27-22(32)26-18-10-8-17(25)9-11-18)31(28-20)19-12-6-16(7-13-19)15-36-23(33)29-37(34,35)30(4)5;1-22(2,3)17-12-19(26-20(31)25-18-10-11-23-14-24-18)30(27-17)16-8-6-15(7-9-16)13-35-21(32)28-36(33,34)29(4)5/h6-14H,15H2,1-5H3,(H,31,35)(H3,26,27,28,29,34);6-14H,15H2,1-5H3,(H,29,33)(H2,26,27,32);6-12,14H,13H2,1-5H3,(H,28,32)(H2,23,24,25,26,31). The fourth-order valence-corrected chi connectivity index (χ4v) is 10.6. The molecular formula is C71H87ClN22O15S3. The van der Waals surface area contributed by atoms with Crippen LogP contribution < -0.4 is 46.1 Å². The van der Waals surface area contributed by atoms with Gasteiger partial charge in [0.25, 0.3) is 0 Å². The molecule has 0 saturated heterocycles. The summed E-state index contributed by atoms with van der Waals surface area (Å²) in [5.41, 5.74) is 7.36. The summed E-state index contributed by atoms with van der Waals surface area (Å²) in [4.78, 5) is 88.7. The molecule has 0 aliphatic rings. The highest BCUT2D eigenvalue weighted by molar-refractivity contribution is 7.88. The van der Waals surface area contributed by atoms with Crippen molar-refractivity contribution < 1.29 is 68.2 Å². The number of fused-ring (bicyclic) bond motifs is 1. The van der Waals surface area contributed by atoms with Crippen LogP contribution in [0.3, 0.4) is 0 Å². The molecule has 41 heteroatoms. The summed E-state index contributed by atoms with van der Waals surface area (Å²) >= 11 is 5.90. The number of hydrogen-bond donors (Lipinski definition) is 10. The van der Waals surface area contributed by atoms with Crippen molar-refractivity contribution in [2.24, 2.45) is 0 Å². The highest BCUT2D eigenvalue weighted by Crippen LogP contribution is 2.31. The lowest BCUT2D eigenvalue weighted by Gasteiger charge is -2.14. The molecule has 37 nitrogen and oxygen atoms in total. The van der Waals surface area contributed by atoms with Crippen molar-refractivity contribution in [2.75, 3.05) is 74.2 Å². The maximum atomic E-state index is 12.8. The summed E-state index contributed by atoms with van der Waals surface area (Å²) in [7, 11) is -4.08. The van der Waals surface area contributed by atoms with Gasteiger partial charge in [-0.25, -0.2) is 71.9 Å². The third-order valence-electron chi connectivity index (χ3n) is 15.4. The van der Waals surface area contributed by atoms with Gasteiger partial charge in [-0.1, -0.05) is 122 Å². The minimum absolute atomic E-state index is 0.143. The maximum absolute atomic E-state index is 12.8. The van der Waals surface area contributed by atoms with Crippen molar-refractivity contribution in [3.8, 4) is 17.1 Å². The number of para-hydroxylation sites is 2. The number of halogens is 1. The van der Waals surface area contributed by atoms with E-state index >= 15 is 0 Å².